The first-order valence-electron chi connectivity index (χ1n) is 8.94. The van der Waals surface area contributed by atoms with Crippen LogP contribution < -0.4 is 5.56 Å². The highest BCUT2D eigenvalue weighted by Gasteiger charge is 2.18. The van der Waals surface area contributed by atoms with Crippen molar-refractivity contribution >= 4 is 18.4 Å². The Morgan fingerprint density at radius 1 is 1.31 bits per heavy atom. The molecule has 6 nitrogen and oxygen atoms in total. The van der Waals surface area contributed by atoms with Crippen molar-refractivity contribution in [3.63, 3.8) is 0 Å². The van der Waals surface area contributed by atoms with Crippen LogP contribution in [-0.4, -0.2) is 44.9 Å². The fraction of sp³-hybridized carbons (Fsp3) is 0.421. The molecule has 0 radical (unpaired) electrons. The lowest BCUT2D eigenvalue weighted by Crippen LogP contribution is -2.34. The molecule has 1 aliphatic heterocycles. The smallest absolute Gasteiger partial charge is 0.264 e. The van der Waals surface area contributed by atoms with Crippen molar-refractivity contribution in [3.05, 3.63) is 56.6 Å². The molecule has 1 aliphatic rings. The summed E-state index contributed by atoms with van der Waals surface area (Å²) in [6.45, 7) is 5.24. The molecule has 1 aromatic carbocycles. The second kappa shape index (κ2) is 8.42. The van der Waals surface area contributed by atoms with Crippen molar-refractivity contribution in [2.75, 3.05) is 13.1 Å². The molecular weight excluding hydrogens is 348 g/mol. The SMILES string of the molecule is CCn1c(O)c(C=NC2CCN(Cc3ccccc3)CC2)c(=O)[nH]c1=S. The van der Waals surface area contributed by atoms with Gasteiger partial charge >= 0.3 is 0 Å². The van der Waals surface area contributed by atoms with Crippen LogP contribution in [0.1, 0.15) is 30.9 Å². The lowest BCUT2D eigenvalue weighted by molar-refractivity contribution is 0.206. The first-order valence-corrected chi connectivity index (χ1v) is 9.35. The molecule has 0 aliphatic carbocycles. The molecule has 0 bridgehead atoms. The van der Waals surface area contributed by atoms with Gasteiger partial charge in [0, 0.05) is 32.4 Å². The van der Waals surface area contributed by atoms with Gasteiger partial charge < -0.3 is 5.11 Å². The van der Waals surface area contributed by atoms with Crippen LogP contribution in [0.15, 0.2) is 40.1 Å². The number of aliphatic imine (C=N–C) groups is 1. The van der Waals surface area contributed by atoms with Crippen LogP contribution in [0.5, 0.6) is 5.88 Å². The molecule has 0 atom stereocenters. The van der Waals surface area contributed by atoms with Gasteiger partial charge in [0.15, 0.2) is 4.77 Å². The van der Waals surface area contributed by atoms with Gasteiger partial charge in [0.2, 0.25) is 5.88 Å². The zero-order chi connectivity index (χ0) is 18.5. The number of likely N-dealkylation sites (tertiary alicyclic amines) is 1. The third-order valence-corrected chi connectivity index (χ3v) is 5.07. The first-order chi connectivity index (χ1) is 12.6. The van der Waals surface area contributed by atoms with Crippen LogP contribution in [-0.2, 0) is 13.1 Å². The summed E-state index contributed by atoms with van der Waals surface area (Å²) in [6, 6.07) is 10.6. The molecule has 1 aromatic heterocycles. The molecule has 26 heavy (non-hydrogen) atoms. The normalized spacial score (nSPS) is 16.3. The third kappa shape index (κ3) is 4.28. The fourth-order valence-corrected chi connectivity index (χ4v) is 3.54. The molecule has 7 heteroatoms. The first kappa shape index (κ1) is 18.5. The van der Waals surface area contributed by atoms with Gasteiger partial charge in [-0.05, 0) is 37.5 Å². The van der Waals surface area contributed by atoms with E-state index in [-0.39, 0.29) is 22.3 Å². The Bertz CT molecular complexity index is 881. The van der Waals surface area contributed by atoms with Crippen molar-refractivity contribution in [3.8, 4) is 5.88 Å². The Balaban J connectivity index is 1.63. The quantitative estimate of drug-likeness (QED) is 0.625. The van der Waals surface area contributed by atoms with E-state index >= 15 is 0 Å². The number of nitrogens with one attached hydrogen (secondary N) is 1. The number of hydrogen-bond donors (Lipinski definition) is 2. The molecule has 2 heterocycles. The van der Waals surface area contributed by atoms with Crippen LogP contribution in [0.3, 0.4) is 0 Å². The minimum absolute atomic E-state index is 0.119. The van der Waals surface area contributed by atoms with Crippen molar-refractivity contribution in [2.45, 2.75) is 38.9 Å². The highest BCUT2D eigenvalue weighted by atomic mass is 32.1. The van der Waals surface area contributed by atoms with E-state index in [9.17, 15) is 9.90 Å². The highest BCUT2D eigenvalue weighted by Crippen LogP contribution is 2.17. The van der Waals surface area contributed by atoms with Gasteiger partial charge in [-0.1, -0.05) is 30.3 Å². The van der Waals surface area contributed by atoms with E-state index in [1.54, 1.807) is 0 Å². The summed E-state index contributed by atoms with van der Waals surface area (Å²) in [6.07, 6.45) is 3.37. The number of aromatic amines is 1. The second-order valence-electron chi connectivity index (χ2n) is 6.51. The largest absolute Gasteiger partial charge is 0.494 e. The number of aromatic nitrogens is 2. The third-order valence-electron chi connectivity index (χ3n) is 4.74. The maximum Gasteiger partial charge on any atom is 0.264 e. The summed E-state index contributed by atoms with van der Waals surface area (Å²) >= 11 is 5.06. The summed E-state index contributed by atoms with van der Waals surface area (Å²) in [7, 11) is 0. The summed E-state index contributed by atoms with van der Waals surface area (Å²) in [5, 5.41) is 10.3. The molecular formula is C19H24N4O2S. The standard InChI is InChI=1S/C19H24N4O2S/c1-2-23-18(25)16(17(24)21-19(23)26)12-20-15-8-10-22(11-9-15)13-14-6-4-3-5-7-14/h3-7,12,15,25H,2,8-11,13H2,1H3,(H,21,24,26). The second-order valence-corrected chi connectivity index (χ2v) is 6.90. The maximum absolute atomic E-state index is 12.1. The summed E-state index contributed by atoms with van der Waals surface area (Å²) in [4.78, 5) is 21.6. The predicted molar refractivity (Wildman–Crippen MR) is 106 cm³/mol. The molecule has 0 saturated carbocycles. The van der Waals surface area contributed by atoms with Crippen molar-refractivity contribution < 1.29 is 5.11 Å². The average molecular weight is 372 g/mol. The minimum atomic E-state index is -0.400. The van der Waals surface area contributed by atoms with E-state index in [0.29, 0.717) is 6.54 Å². The molecule has 0 amide bonds. The Kier molecular flexibility index (Phi) is 6.00. The maximum atomic E-state index is 12.1. The van der Waals surface area contributed by atoms with Gasteiger partial charge in [-0.2, -0.15) is 0 Å². The molecule has 2 N–H and O–H groups in total. The van der Waals surface area contributed by atoms with Crippen LogP contribution >= 0.6 is 12.2 Å². The number of piperidine rings is 1. The summed E-state index contributed by atoms with van der Waals surface area (Å²) in [5.41, 5.74) is 1.09. The van der Waals surface area contributed by atoms with Gasteiger partial charge in [0.25, 0.3) is 5.56 Å². The molecule has 2 aromatic rings. The Labute approximate surface area is 157 Å². The average Bonchev–Trinajstić information content (AvgIpc) is 2.64. The number of aromatic hydroxyl groups is 1. The molecule has 0 spiro atoms. The van der Waals surface area contributed by atoms with E-state index in [1.165, 1.54) is 16.3 Å². The lowest BCUT2D eigenvalue weighted by Gasteiger charge is -2.30. The van der Waals surface area contributed by atoms with Gasteiger partial charge in [-0.3, -0.25) is 24.2 Å². The lowest BCUT2D eigenvalue weighted by atomic mass is 10.0. The van der Waals surface area contributed by atoms with Gasteiger partial charge in [-0.25, -0.2) is 0 Å². The van der Waals surface area contributed by atoms with Gasteiger partial charge in [0.05, 0.1) is 6.04 Å². The zero-order valence-corrected chi connectivity index (χ0v) is 15.7. The van der Waals surface area contributed by atoms with E-state index < -0.39 is 5.56 Å². The molecule has 0 unspecified atom stereocenters. The van der Waals surface area contributed by atoms with E-state index in [2.05, 4.69) is 39.1 Å². The molecule has 3 rings (SSSR count). The Morgan fingerprint density at radius 2 is 2.00 bits per heavy atom. The van der Waals surface area contributed by atoms with Crippen LogP contribution in [0.4, 0.5) is 0 Å². The number of benzene rings is 1. The Morgan fingerprint density at radius 3 is 2.65 bits per heavy atom. The van der Waals surface area contributed by atoms with E-state index in [1.807, 2.05) is 13.0 Å². The van der Waals surface area contributed by atoms with Crippen molar-refractivity contribution in [1.82, 2.24) is 14.5 Å². The number of nitrogens with zero attached hydrogens (tertiary/aromatic N) is 3. The zero-order valence-electron chi connectivity index (χ0n) is 14.9. The van der Waals surface area contributed by atoms with Crippen LogP contribution in [0, 0.1) is 4.77 Å². The van der Waals surface area contributed by atoms with Gasteiger partial charge in [0.1, 0.15) is 5.56 Å². The molecule has 1 fully saturated rings. The van der Waals surface area contributed by atoms with Gasteiger partial charge in [-0.15, -0.1) is 0 Å². The van der Waals surface area contributed by atoms with E-state index in [0.717, 1.165) is 32.5 Å². The van der Waals surface area contributed by atoms with Crippen molar-refractivity contribution in [2.24, 2.45) is 4.99 Å². The fourth-order valence-electron chi connectivity index (χ4n) is 3.23. The molecule has 1 saturated heterocycles. The number of H-pyrrole nitrogens is 1. The highest BCUT2D eigenvalue weighted by molar-refractivity contribution is 7.71. The monoisotopic (exact) mass is 372 g/mol. The predicted octanol–water partition coefficient (Wildman–Crippen LogP) is 2.71. The topological polar surface area (TPSA) is 73.6 Å². The van der Waals surface area contributed by atoms with Crippen molar-refractivity contribution in [1.29, 1.82) is 0 Å². The van der Waals surface area contributed by atoms with Crippen LogP contribution in [0.25, 0.3) is 0 Å². The van der Waals surface area contributed by atoms with Crippen LogP contribution in [0.2, 0.25) is 0 Å². The minimum Gasteiger partial charge on any atom is -0.494 e. The summed E-state index contributed by atoms with van der Waals surface area (Å²) < 4.78 is 1.71. The van der Waals surface area contributed by atoms with E-state index in [4.69, 9.17) is 12.2 Å². The number of hydrogen-bond acceptors (Lipinski definition) is 5. The molecule has 138 valence electrons. The summed E-state index contributed by atoms with van der Waals surface area (Å²) in [5.74, 6) is -0.119. The number of rotatable bonds is 5. The Hall–Kier alpha value is -2.25.